The molecule has 0 saturated carbocycles. The van der Waals surface area contributed by atoms with Crippen LogP contribution in [0.15, 0.2) is 42.6 Å². The molecule has 0 amide bonds. The van der Waals surface area contributed by atoms with Crippen molar-refractivity contribution >= 4 is 11.8 Å². The molecular formula is C23H29N7O2. The van der Waals surface area contributed by atoms with Crippen molar-refractivity contribution < 1.29 is 9.90 Å². The highest BCUT2D eigenvalue weighted by Crippen LogP contribution is 2.30. The molecule has 0 bridgehead atoms. The van der Waals surface area contributed by atoms with E-state index in [0.29, 0.717) is 18.7 Å². The van der Waals surface area contributed by atoms with Crippen LogP contribution in [0.4, 0.5) is 5.82 Å². The summed E-state index contributed by atoms with van der Waals surface area (Å²) >= 11 is 0. The average molecular weight is 436 g/mol. The first-order valence-electron chi connectivity index (χ1n) is 11.1. The van der Waals surface area contributed by atoms with Crippen LogP contribution < -0.4 is 10.2 Å². The van der Waals surface area contributed by atoms with Gasteiger partial charge in [0, 0.05) is 43.9 Å². The summed E-state index contributed by atoms with van der Waals surface area (Å²) in [7, 11) is 0. The Morgan fingerprint density at radius 3 is 2.47 bits per heavy atom. The fourth-order valence-corrected chi connectivity index (χ4v) is 4.27. The Labute approximate surface area is 187 Å². The number of hydrogen-bond donors (Lipinski definition) is 3. The van der Waals surface area contributed by atoms with Crippen molar-refractivity contribution in [1.29, 1.82) is 0 Å². The molecule has 1 aliphatic rings. The van der Waals surface area contributed by atoms with Gasteiger partial charge in [0.25, 0.3) is 0 Å². The van der Waals surface area contributed by atoms with Gasteiger partial charge in [-0.3, -0.25) is 4.79 Å². The first kappa shape index (κ1) is 21.9. The van der Waals surface area contributed by atoms with E-state index in [0.717, 1.165) is 55.1 Å². The zero-order chi connectivity index (χ0) is 22.3. The third-order valence-electron chi connectivity index (χ3n) is 6.03. The maximum absolute atomic E-state index is 11.9. The molecule has 1 aliphatic heterocycles. The van der Waals surface area contributed by atoms with Crippen LogP contribution in [0.5, 0.6) is 0 Å². The lowest BCUT2D eigenvalue weighted by Gasteiger charge is -2.28. The second kappa shape index (κ2) is 10.3. The van der Waals surface area contributed by atoms with E-state index in [4.69, 9.17) is 0 Å². The molecule has 2 unspecified atom stereocenters. The molecule has 32 heavy (non-hydrogen) atoms. The Hall–Kier alpha value is -3.33. The molecular weight excluding hydrogens is 406 g/mol. The largest absolute Gasteiger partial charge is 0.481 e. The van der Waals surface area contributed by atoms with Gasteiger partial charge in [0.05, 0.1) is 5.92 Å². The Kier molecular flexibility index (Phi) is 7.06. The summed E-state index contributed by atoms with van der Waals surface area (Å²) in [6, 6.07) is 12.4. The summed E-state index contributed by atoms with van der Waals surface area (Å²) in [5.74, 6) is -0.266. The molecule has 2 atom stereocenters. The molecule has 3 heterocycles. The summed E-state index contributed by atoms with van der Waals surface area (Å²) in [4.78, 5) is 18.8. The Morgan fingerprint density at radius 2 is 1.88 bits per heavy atom. The van der Waals surface area contributed by atoms with Gasteiger partial charge in [-0.2, -0.15) is 5.21 Å². The number of aromatic amines is 1. The van der Waals surface area contributed by atoms with Crippen molar-refractivity contribution in [2.75, 3.05) is 31.1 Å². The number of hydrogen-bond acceptors (Lipinski definition) is 7. The number of pyridine rings is 1. The van der Waals surface area contributed by atoms with E-state index in [1.165, 1.54) is 0 Å². The highest BCUT2D eigenvalue weighted by Gasteiger charge is 2.32. The number of H-pyrrole nitrogens is 1. The summed E-state index contributed by atoms with van der Waals surface area (Å²) in [6.45, 7) is 5.89. The molecule has 3 aromatic rings. The second-order valence-electron chi connectivity index (χ2n) is 8.15. The lowest BCUT2D eigenvalue weighted by molar-refractivity contribution is -0.142. The van der Waals surface area contributed by atoms with E-state index in [-0.39, 0.29) is 5.92 Å². The predicted molar refractivity (Wildman–Crippen MR) is 121 cm³/mol. The summed E-state index contributed by atoms with van der Waals surface area (Å²) in [5, 5.41) is 27.4. The second-order valence-corrected chi connectivity index (χ2v) is 8.15. The molecule has 0 spiro atoms. The zero-order valence-electron chi connectivity index (χ0n) is 18.2. The van der Waals surface area contributed by atoms with Crippen LogP contribution >= 0.6 is 0 Å². The fourth-order valence-electron chi connectivity index (χ4n) is 4.27. The number of carboxylic acid groups (broad SMARTS) is 1. The minimum Gasteiger partial charge on any atom is -0.481 e. The number of benzene rings is 1. The quantitative estimate of drug-likeness (QED) is 0.469. The van der Waals surface area contributed by atoms with Crippen LogP contribution in [0.25, 0.3) is 11.1 Å². The van der Waals surface area contributed by atoms with Crippen molar-refractivity contribution in [3.8, 4) is 11.1 Å². The van der Waals surface area contributed by atoms with Gasteiger partial charge < -0.3 is 15.3 Å². The summed E-state index contributed by atoms with van der Waals surface area (Å²) < 4.78 is 0. The molecule has 1 saturated heterocycles. The molecule has 2 aromatic heterocycles. The molecule has 9 nitrogen and oxygen atoms in total. The number of nitrogens with one attached hydrogen (secondary N) is 2. The van der Waals surface area contributed by atoms with E-state index in [1.54, 1.807) is 0 Å². The van der Waals surface area contributed by atoms with E-state index in [1.807, 2.05) is 25.3 Å². The van der Waals surface area contributed by atoms with Crippen LogP contribution in [0.1, 0.15) is 37.1 Å². The van der Waals surface area contributed by atoms with Crippen LogP contribution in [-0.2, 0) is 11.2 Å². The van der Waals surface area contributed by atoms with E-state index >= 15 is 0 Å². The minimum absolute atomic E-state index is 0.336. The van der Waals surface area contributed by atoms with E-state index in [9.17, 15) is 9.90 Å². The standard InChI is InChI=1S/C23H29N7O2/c1-2-3-19(23(31)32)20(22-26-28-29-27-22)14-16-4-6-17(7-5-16)18-8-9-21(25-15-18)30-12-10-24-11-13-30/h4-9,15,19-20,24H,2-3,10-14H2,1H3,(H,31,32)(H,26,27,28,29). The topological polar surface area (TPSA) is 120 Å². The molecule has 4 rings (SSSR count). The molecule has 0 aliphatic carbocycles. The van der Waals surface area contributed by atoms with E-state index in [2.05, 4.69) is 60.1 Å². The maximum atomic E-state index is 11.9. The summed E-state index contributed by atoms with van der Waals surface area (Å²) in [6.07, 6.45) is 3.80. The van der Waals surface area contributed by atoms with Gasteiger partial charge >= 0.3 is 5.97 Å². The first-order valence-corrected chi connectivity index (χ1v) is 11.1. The Morgan fingerprint density at radius 1 is 1.12 bits per heavy atom. The van der Waals surface area contributed by atoms with Crippen LogP contribution in [0.2, 0.25) is 0 Å². The predicted octanol–water partition coefficient (Wildman–Crippen LogP) is 2.50. The number of nitrogens with zero attached hydrogens (tertiary/aromatic N) is 5. The normalized spacial score (nSPS) is 16.0. The number of aromatic nitrogens is 5. The highest BCUT2D eigenvalue weighted by atomic mass is 16.4. The van der Waals surface area contributed by atoms with Gasteiger partial charge in [-0.25, -0.2) is 4.98 Å². The number of aliphatic carboxylic acids is 1. The maximum Gasteiger partial charge on any atom is 0.307 e. The number of rotatable bonds is 9. The SMILES string of the molecule is CCCC(C(=O)O)C(Cc1ccc(-c2ccc(N3CCNCC3)nc2)cc1)c1nn[nH]n1. The molecule has 0 radical (unpaired) electrons. The van der Waals surface area contributed by atoms with Crippen molar-refractivity contribution in [3.05, 3.63) is 54.0 Å². The monoisotopic (exact) mass is 435 g/mol. The number of carboxylic acids is 1. The molecule has 1 fully saturated rings. The third-order valence-corrected chi connectivity index (χ3v) is 6.03. The van der Waals surface area contributed by atoms with Gasteiger partial charge in [0.2, 0.25) is 0 Å². The van der Waals surface area contributed by atoms with Gasteiger partial charge in [-0.1, -0.05) is 42.8 Å². The highest BCUT2D eigenvalue weighted by molar-refractivity contribution is 5.71. The lowest BCUT2D eigenvalue weighted by Crippen LogP contribution is -2.43. The van der Waals surface area contributed by atoms with Crippen LogP contribution in [0.3, 0.4) is 0 Å². The third kappa shape index (κ3) is 5.11. The first-order chi connectivity index (χ1) is 15.7. The Balaban J connectivity index is 1.49. The smallest absolute Gasteiger partial charge is 0.307 e. The molecule has 1 aromatic carbocycles. The minimum atomic E-state index is -0.825. The Bertz CT molecular complexity index is 984. The summed E-state index contributed by atoms with van der Waals surface area (Å²) in [5.41, 5.74) is 3.17. The van der Waals surface area contributed by atoms with Gasteiger partial charge in [-0.15, -0.1) is 10.2 Å². The number of carbonyl (C=O) groups is 1. The van der Waals surface area contributed by atoms with Crippen LogP contribution in [-0.4, -0.2) is 62.9 Å². The molecule has 9 heteroatoms. The van der Waals surface area contributed by atoms with Crippen LogP contribution in [0, 0.1) is 5.92 Å². The van der Waals surface area contributed by atoms with Crippen molar-refractivity contribution in [1.82, 2.24) is 30.9 Å². The number of tetrazole rings is 1. The number of piperazine rings is 1. The van der Waals surface area contributed by atoms with Crippen molar-refractivity contribution in [2.45, 2.75) is 32.1 Å². The van der Waals surface area contributed by atoms with E-state index < -0.39 is 11.9 Å². The lowest BCUT2D eigenvalue weighted by atomic mass is 9.83. The van der Waals surface area contributed by atoms with Crippen molar-refractivity contribution in [3.63, 3.8) is 0 Å². The van der Waals surface area contributed by atoms with Gasteiger partial charge in [0.15, 0.2) is 5.82 Å². The van der Waals surface area contributed by atoms with Crippen molar-refractivity contribution in [2.24, 2.45) is 5.92 Å². The van der Waals surface area contributed by atoms with Gasteiger partial charge in [0.1, 0.15) is 5.82 Å². The molecule has 168 valence electrons. The zero-order valence-corrected chi connectivity index (χ0v) is 18.2. The average Bonchev–Trinajstić information content (AvgIpc) is 3.37. The molecule has 3 N–H and O–H groups in total. The fraction of sp³-hybridized carbons (Fsp3) is 0.435. The number of anilines is 1. The van der Waals surface area contributed by atoms with Gasteiger partial charge in [-0.05, 0) is 36.1 Å².